The van der Waals surface area contributed by atoms with Crippen molar-refractivity contribution < 1.29 is 9.53 Å². The summed E-state index contributed by atoms with van der Waals surface area (Å²) in [6.07, 6.45) is 3.22. The standard InChI is InChI=1S/C17H13ClN2O2/c18-15-7-8-16(14-6-2-1-5-13(14)15)22-11-17(21)20-12-4-3-9-19-10-12/h1-10H,11H2,(H,20,21). The predicted molar refractivity (Wildman–Crippen MR) is 87.3 cm³/mol. The van der Waals surface area contributed by atoms with Crippen LogP contribution in [0.4, 0.5) is 5.69 Å². The average molecular weight is 313 g/mol. The minimum atomic E-state index is -0.243. The molecule has 110 valence electrons. The number of rotatable bonds is 4. The van der Waals surface area contributed by atoms with E-state index in [0.29, 0.717) is 16.5 Å². The van der Waals surface area contributed by atoms with Gasteiger partial charge in [-0.1, -0.05) is 35.9 Å². The molecule has 22 heavy (non-hydrogen) atoms. The SMILES string of the molecule is O=C(COc1ccc(Cl)c2ccccc12)Nc1cccnc1. The lowest BCUT2D eigenvalue weighted by Crippen LogP contribution is -2.20. The topological polar surface area (TPSA) is 51.2 Å². The Morgan fingerprint density at radius 2 is 1.91 bits per heavy atom. The molecular formula is C17H13ClN2O2. The summed E-state index contributed by atoms with van der Waals surface area (Å²) in [4.78, 5) is 15.8. The van der Waals surface area contributed by atoms with Crippen molar-refractivity contribution in [3.8, 4) is 5.75 Å². The Hall–Kier alpha value is -2.59. The first-order valence-corrected chi connectivity index (χ1v) is 7.12. The molecule has 0 fully saturated rings. The van der Waals surface area contributed by atoms with E-state index in [1.54, 1.807) is 36.7 Å². The zero-order chi connectivity index (χ0) is 15.4. The largest absolute Gasteiger partial charge is 0.483 e. The molecule has 0 aliphatic heterocycles. The molecule has 3 aromatic rings. The number of carbonyl (C=O) groups is 1. The van der Waals surface area contributed by atoms with E-state index in [2.05, 4.69) is 10.3 Å². The van der Waals surface area contributed by atoms with Gasteiger partial charge in [0.25, 0.3) is 5.91 Å². The summed E-state index contributed by atoms with van der Waals surface area (Å²) >= 11 is 6.16. The summed E-state index contributed by atoms with van der Waals surface area (Å²) in [5.74, 6) is 0.383. The van der Waals surface area contributed by atoms with Crippen LogP contribution in [-0.2, 0) is 4.79 Å². The highest BCUT2D eigenvalue weighted by Crippen LogP contribution is 2.31. The minimum Gasteiger partial charge on any atom is -0.483 e. The van der Waals surface area contributed by atoms with Gasteiger partial charge in [0.1, 0.15) is 5.75 Å². The number of hydrogen-bond acceptors (Lipinski definition) is 3. The third-order valence-corrected chi connectivity index (χ3v) is 3.46. The Bertz CT molecular complexity index is 806. The van der Waals surface area contributed by atoms with Crippen LogP contribution in [0.3, 0.4) is 0 Å². The Labute approximate surface area is 132 Å². The second-order valence-electron chi connectivity index (χ2n) is 4.67. The molecule has 1 heterocycles. The first-order chi connectivity index (χ1) is 10.7. The highest BCUT2D eigenvalue weighted by molar-refractivity contribution is 6.35. The molecule has 5 heteroatoms. The van der Waals surface area contributed by atoms with Crippen molar-refractivity contribution in [2.24, 2.45) is 0 Å². The fourth-order valence-corrected chi connectivity index (χ4v) is 2.37. The summed E-state index contributed by atoms with van der Waals surface area (Å²) in [5.41, 5.74) is 0.636. The monoisotopic (exact) mass is 312 g/mol. The summed E-state index contributed by atoms with van der Waals surface area (Å²) < 4.78 is 5.62. The zero-order valence-electron chi connectivity index (χ0n) is 11.6. The third kappa shape index (κ3) is 3.18. The fourth-order valence-electron chi connectivity index (χ4n) is 2.14. The quantitative estimate of drug-likeness (QED) is 0.794. The fraction of sp³-hybridized carbons (Fsp3) is 0.0588. The number of nitrogens with zero attached hydrogens (tertiary/aromatic N) is 1. The lowest BCUT2D eigenvalue weighted by atomic mass is 10.1. The molecule has 0 spiro atoms. The van der Waals surface area contributed by atoms with E-state index in [0.717, 1.165) is 10.8 Å². The van der Waals surface area contributed by atoms with Gasteiger partial charge >= 0.3 is 0 Å². The second kappa shape index (κ2) is 6.45. The molecule has 0 unspecified atom stereocenters. The summed E-state index contributed by atoms with van der Waals surface area (Å²) in [6, 6.07) is 14.7. The van der Waals surface area contributed by atoms with E-state index in [4.69, 9.17) is 16.3 Å². The van der Waals surface area contributed by atoms with E-state index in [-0.39, 0.29) is 12.5 Å². The van der Waals surface area contributed by atoms with Gasteiger partial charge in [0, 0.05) is 22.0 Å². The average Bonchev–Trinajstić information content (AvgIpc) is 2.55. The van der Waals surface area contributed by atoms with Crippen LogP contribution in [0.5, 0.6) is 5.75 Å². The van der Waals surface area contributed by atoms with Crippen molar-refractivity contribution in [3.05, 3.63) is 65.9 Å². The molecule has 4 nitrogen and oxygen atoms in total. The summed E-state index contributed by atoms with van der Waals surface area (Å²) in [6.45, 7) is -0.0828. The number of fused-ring (bicyclic) bond motifs is 1. The van der Waals surface area contributed by atoms with Gasteiger partial charge < -0.3 is 10.1 Å². The van der Waals surface area contributed by atoms with Gasteiger partial charge in [-0.25, -0.2) is 0 Å². The highest BCUT2D eigenvalue weighted by Gasteiger charge is 2.08. The first kappa shape index (κ1) is 14.4. The van der Waals surface area contributed by atoms with Crippen molar-refractivity contribution >= 4 is 34.0 Å². The van der Waals surface area contributed by atoms with Gasteiger partial charge in [-0.15, -0.1) is 0 Å². The van der Waals surface area contributed by atoms with E-state index >= 15 is 0 Å². The predicted octanol–water partition coefficient (Wildman–Crippen LogP) is 3.91. The van der Waals surface area contributed by atoms with Gasteiger partial charge in [0.15, 0.2) is 6.61 Å². The number of ether oxygens (including phenoxy) is 1. The van der Waals surface area contributed by atoms with Gasteiger partial charge in [-0.3, -0.25) is 9.78 Å². The molecule has 0 aliphatic carbocycles. The van der Waals surface area contributed by atoms with Crippen molar-refractivity contribution in [1.82, 2.24) is 4.98 Å². The maximum absolute atomic E-state index is 11.9. The molecule has 0 radical (unpaired) electrons. The Balaban J connectivity index is 1.72. The molecule has 0 atom stereocenters. The van der Waals surface area contributed by atoms with Crippen molar-refractivity contribution in [2.75, 3.05) is 11.9 Å². The van der Waals surface area contributed by atoms with Crippen LogP contribution < -0.4 is 10.1 Å². The Morgan fingerprint density at radius 3 is 2.68 bits per heavy atom. The number of halogens is 1. The number of amides is 1. The minimum absolute atomic E-state index is 0.0828. The van der Waals surface area contributed by atoms with Crippen LogP contribution in [0.15, 0.2) is 60.9 Å². The van der Waals surface area contributed by atoms with E-state index in [1.165, 1.54) is 0 Å². The van der Waals surface area contributed by atoms with Crippen LogP contribution in [0, 0.1) is 0 Å². The van der Waals surface area contributed by atoms with Gasteiger partial charge in [-0.05, 0) is 24.3 Å². The second-order valence-corrected chi connectivity index (χ2v) is 5.08. The van der Waals surface area contributed by atoms with Gasteiger partial charge in [0.2, 0.25) is 0 Å². The van der Waals surface area contributed by atoms with Crippen molar-refractivity contribution in [1.29, 1.82) is 0 Å². The highest BCUT2D eigenvalue weighted by atomic mass is 35.5. The van der Waals surface area contributed by atoms with Crippen LogP contribution in [0.25, 0.3) is 10.8 Å². The smallest absolute Gasteiger partial charge is 0.262 e. The molecule has 1 aromatic heterocycles. The molecule has 1 N–H and O–H groups in total. The molecule has 1 amide bonds. The van der Waals surface area contributed by atoms with Crippen molar-refractivity contribution in [3.63, 3.8) is 0 Å². The van der Waals surface area contributed by atoms with E-state index in [9.17, 15) is 4.79 Å². The molecule has 0 aliphatic rings. The first-order valence-electron chi connectivity index (χ1n) is 6.74. The van der Waals surface area contributed by atoms with Crippen LogP contribution in [0.2, 0.25) is 5.02 Å². The van der Waals surface area contributed by atoms with Gasteiger partial charge in [0.05, 0.1) is 11.9 Å². The van der Waals surface area contributed by atoms with E-state index < -0.39 is 0 Å². The Morgan fingerprint density at radius 1 is 1.09 bits per heavy atom. The van der Waals surface area contributed by atoms with E-state index in [1.807, 2.05) is 24.3 Å². The van der Waals surface area contributed by atoms with Crippen LogP contribution in [-0.4, -0.2) is 17.5 Å². The lowest BCUT2D eigenvalue weighted by Gasteiger charge is -2.10. The number of pyridine rings is 1. The number of carbonyl (C=O) groups excluding carboxylic acids is 1. The van der Waals surface area contributed by atoms with Crippen LogP contribution in [0.1, 0.15) is 0 Å². The molecule has 2 aromatic carbocycles. The molecule has 0 saturated carbocycles. The molecular weight excluding hydrogens is 300 g/mol. The number of hydrogen-bond donors (Lipinski definition) is 1. The molecule has 3 rings (SSSR count). The third-order valence-electron chi connectivity index (χ3n) is 3.13. The number of aromatic nitrogens is 1. The normalized spacial score (nSPS) is 10.4. The summed E-state index contributed by atoms with van der Waals surface area (Å²) in [7, 11) is 0. The van der Waals surface area contributed by atoms with Gasteiger partial charge in [-0.2, -0.15) is 0 Å². The summed E-state index contributed by atoms with van der Waals surface area (Å²) in [5, 5.41) is 5.15. The maximum atomic E-state index is 11.9. The zero-order valence-corrected chi connectivity index (χ0v) is 12.4. The van der Waals surface area contributed by atoms with Crippen LogP contribution >= 0.6 is 11.6 Å². The number of anilines is 1. The number of nitrogens with one attached hydrogen (secondary N) is 1. The van der Waals surface area contributed by atoms with Crippen molar-refractivity contribution in [2.45, 2.75) is 0 Å². The molecule has 0 bridgehead atoms. The molecule has 0 saturated heterocycles. The lowest BCUT2D eigenvalue weighted by molar-refractivity contribution is -0.118. The maximum Gasteiger partial charge on any atom is 0.262 e. The Kier molecular flexibility index (Phi) is 4.21. The number of benzene rings is 2.